The Morgan fingerprint density at radius 1 is 1.10 bits per heavy atom. The van der Waals surface area contributed by atoms with E-state index in [0.29, 0.717) is 57.2 Å². The minimum atomic E-state index is -1.15. The largest absolute Gasteiger partial charge is 0.455 e. The standard InChI is InChI=1S/C39H55N3O8/c1-4-6-20-31(44)40-29(26-48-3)34(27-16-10-7-11-17-27)49-38(47)32-30-21-22-39(50-30)33(32)36(45)42(24-14-9-15-25-43)35(39)37(46)41(23-5-2)28-18-12-8-13-19-28/h4-5,7,10-11,16-17,28-30,32-35,43H,1-2,6,8-9,12-15,18-26H2,3H3,(H,40,44)/t29-,30+,32-,33-,34-,35+,39-/m0/s1. The predicted molar refractivity (Wildman–Crippen MR) is 188 cm³/mol. The molecule has 1 aliphatic carbocycles. The molecule has 4 fully saturated rings. The summed E-state index contributed by atoms with van der Waals surface area (Å²) in [6.45, 7) is 8.48. The Bertz CT molecular complexity index is 1350. The first-order chi connectivity index (χ1) is 24.3. The molecule has 11 nitrogen and oxygen atoms in total. The second kappa shape index (κ2) is 17.6. The number of hydrogen-bond donors (Lipinski definition) is 2. The molecule has 3 aliphatic heterocycles. The number of amides is 3. The van der Waals surface area contributed by atoms with Crippen LogP contribution in [0.5, 0.6) is 0 Å². The van der Waals surface area contributed by atoms with Crippen molar-refractivity contribution in [3.05, 3.63) is 61.2 Å². The zero-order chi connectivity index (χ0) is 35.7. The van der Waals surface area contributed by atoms with Gasteiger partial charge in [0.2, 0.25) is 17.7 Å². The first-order valence-electron chi connectivity index (χ1n) is 18.5. The highest BCUT2D eigenvalue weighted by molar-refractivity contribution is 5.98. The highest BCUT2D eigenvalue weighted by Crippen LogP contribution is 2.59. The summed E-state index contributed by atoms with van der Waals surface area (Å²) in [5, 5.41) is 12.4. The number of hydrogen-bond acceptors (Lipinski definition) is 8. The van der Waals surface area contributed by atoms with Crippen LogP contribution in [0.4, 0.5) is 0 Å². The Balaban J connectivity index is 1.46. The summed E-state index contributed by atoms with van der Waals surface area (Å²) >= 11 is 0. The van der Waals surface area contributed by atoms with Crippen LogP contribution < -0.4 is 5.32 Å². The lowest BCUT2D eigenvalue weighted by Gasteiger charge is -2.40. The Kier molecular flexibility index (Phi) is 13.3. The second-order valence-corrected chi connectivity index (χ2v) is 14.2. The van der Waals surface area contributed by atoms with Crippen molar-refractivity contribution in [2.24, 2.45) is 11.8 Å². The number of allylic oxidation sites excluding steroid dienone is 1. The SMILES string of the molecule is C=CCCC(=O)N[C@@H](COC)[C@@H](OC(=O)[C@@H]1[C@H]2C(=O)N(CCCCCO)[C@H](C(=O)N(CC=C)C3CCCCC3)[C@]23CC[C@H]1O3)c1ccccc1. The quantitative estimate of drug-likeness (QED) is 0.125. The fraction of sp³-hybridized carbons (Fsp3) is 0.641. The average Bonchev–Trinajstić information content (AvgIpc) is 3.78. The number of nitrogens with one attached hydrogen (secondary N) is 1. The van der Waals surface area contributed by atoms with E-state index in [4.69, 9.17) is 14.2 Å². The van der Waals surface area contributed by atoms with E-state index in [1.807, 2.05) is 35.2 Å². The van der Waals surface area contributed by atoms with Gasteiger partial charge in [0.1, 0.15) is 17.7 Å². The van der Waals surface area contributed by atoms with Crippen LogP contribution >= 0.6 is 0 Å². The summed E-state index contributed by atoms with van der Waals surface area (Å²) in [7, 11) is 1.52. The molecule has 7 atom stereocenters. The lowest BCUT2D eigenvalue weighted by atomic mass is 9.70. The van der Waals surface area contributed by atoms with E-state index in [1.165, 1.54) is 7.11 Å². The number of ether oxygens (including phenoxy) is 3. The van der Waals surface area contributed by atoms with Gasteiger partial charge in [-0.05, 0) is 56.9 Å². The van der Waals surface area contributed by atoms with Crippen LogP contribution in [0.15, 0.2) is 55.6 Å². The smallest absolute Gasteiger partial charge is 0.313 e. The van der Waals surface area contributed by atoms with Crippen molar-refractivity contribution in [1.29, 1.82) is 0 Å². The van der Waals surface area contributed by atoms with E-state index in [2.05, 4.69) is 18.5 Å². The average molecular weight is 694 g/mol. The monoisotopic (exact) mass is 693 g/mol. The Hall–Kier alpha value is -3.54. The molecule has 1 aromatic rings. The van der Waals surface area contributed by atoms with Crippen molar-refractivity contribution < 1.29 is 38.5 Å². The first-order valence-corrected chi connectivity index (χ1v) is 18.5. The number of carbonyl (C=O) groups excluding carboxylic acids is 4. The molecule has 0 radical (unpaired) electrons. The van der Waals surface area contributed by atoms with E-state index >= 15 is 0 Å². The van der Waals surface area contributed by atoms with E-state index in [0.717, 1.165) is 32.1 Å². The number of rotatable bonds is 19. The topological polar surface area (TPSA) is 135 Å². The van der Waals surface area contributed by atoms with Crippen molar-refractivity contribution in [3.63, 3.8) is 0 Å². The van der Waals surface area contributed by atoms with Gasteiger partial charge in [-0.3, -0.25) is 19.2 Å². The summed E-state index contributed by atoms with van der Waals surface area (Å²) in [5.41, 5.74) is -0.477. The fourth-order valence-electron chi connectivity index (χ4n) is 8.74. The third-order valence-corrected chi connectivity index (χ3v) is 11.0. The maximum atomic E-state index is 14.8. The second-order valence-electron chi connectivity index (χ2n) is 14.2. The maximum absolute atomic E-state index is 14.8. The number of likely N-dealkylation sites (tertiary alicyclic amines) is 1. The zero-order valence-corrected chi connectivity index (χ0v) is 29.5. The van der Waals surface area contributed by atoms with Gasteiger partial charge in [-0.15, -0.1) is 13.2 Å². The van der Waals surface area contributed by atoms with Crippen LogP contribution in [0.2, 0.25) is 0 Å². The van der Waals surface area contributed by atoms with Gasteiger partial charge < -0.3 is 34.4 Å². The Morgan fingerprint density at radius 3 is 2.54 bits per heavy atom. The molecule has 3 amide bonds. The fourth-order valence-corrected chi connectivity index (χ4v) is 8.74. The van der Waals surface area contributed by atoms with Crippen LogP contribution in [0.3, 0.4) is 0 Å². The molecule has 11 heteroatoms. The molecule has 2 bridgehead atoms. The number of aliphatic hydroxyl groups is 1. The Morgan fingerprint density at radius 2 is 1.86 bits per heavy atom. The van der Waals surface area contributed by atoms with Crippen molar-refractivity contribution in [3.8, 4) is 0 Å². The minimum Gasteiger partial charge on any atom is -0.455 e. The normalized spacial score (nSPS) is 27.0. The van der Waals surface area contributed by atoms with Gasteiger partial charge >= 0.3 is 5.97 Å². The van der Waals surface area contributed by atoms with Crippen LogP contribution in [0.1, 0.15) is 88.7 Å². The van der Waals surface area contributed by atoms with Crippen molar-refractivity contribution >= 4 is 23.7 Å². The molecule has 4 aliphatic rings. The van der Waals surface area contributed by atoms with Gasteiger partial charge in [-0.25, -0.2) is 0 Å². The number of esters is 1. The summed E-state index contributed by atoms with van der Waals surface area (Å²) < 4.78 is 18.5. The van der Waals surface area contributed by atoms with Crippen LogP contribution in [-0.4, -0.2) is 102 Å². The van der Waals surface area contributed by atoms with E-state index in [1.54, 1.807) is 17.1 Å². The molecule has 0 unspecified atom stereocenters. The van der Waals surface area contributed by atoms with Gasteiger partial charge in [-0.2, -0.15) is 0 Å². The lowest BCUT2D eigenvalue weighted by Crippen LogP contribution is -2.58. The molecule has 274 valence electrons. The van der Waals surface area contributed by atoms with Gasteiger partial charge in [0.25, 0.3) is 0 Å². The van der Waals surface area contributed by atoms with Gasteiger partial charge in [0.15, 0.2) is 0 Å². The highest BCUT2D eigenvalue weighted by atomic mass is 16.6. The van der Waals surface area contributed by atoms with Crippen molar-refractivity contribution in [1.82, 2.24) is 15.1 Å². The van der Waals surface area contributed by atoms with Gasteiger partial charge in [-0.1, -0.05) is 61.7 Å². The van der Waals surface area contributed by atoms with E-state index in [-0.39, 0.29) is 43.4 Å². The molecule has 3 heterocycles. The summed E-state index contributed by atoms with van der Waals surface area (Å²) in [6.07, 6.45) is 10.6. The van der Waals surface area contributed by atoms with Crippen LogP contribution in [0.25, 0.3) is 0 Å². The Labute approximate surface area is 296 Å². The van der Waals surface area contributed by atoms with Crippen LogP contribution in [0, 0.1) is 11.8 Å². The third kappa shape index (κ3) is 7.85. The molecular weight excluding hydrogens is 638 g/mol. The number of methoxy groups -OCH3 is 1. The molecule has 1 saturated carbocycles. The molecular formula is C39H55N3O8. The summed E-state index contributed by atoms with van der Waals surface area (Å²) in [4.78, 5) is 60.2. The number of nitrogens with zero attached hydrogens (tertiary/aromatic N) is 2. The molecule has 0 aromatic heterocycles. The molecule has 50 heavy (non-hydrogen) atoms. The van der Waals surface area contributed by atoms with E-state index < -0.39 is 47.7 Å². The number of aliphatic hydroxyl groups excluding tert-OH is 1. The van der Waals surface area contributed by atoms with Crippen molar-refractivity contribution in [2.45, 2.75) is 113 Å². The molecule has 1 spiro atoms. The van der Waals surface area contributed by atoms with E-state index in [9.17, 15) is 24.3 Å². The highest BCUT2D eigenvalue weighted by Gasteiger charge is 2.75. The molecule has 3 saturated heterocycles. The summed E-state index contributed by atoms with van der Waals surface area (Å²) in [6, 6.07) is 7.68. The number of fused-ring (bicyclic) bond motifs is 1. The minimum absolute atomic E-state index is 0.0533. The first kappa shape index (κ1) is 37.7. The number of carbonyl (C=O) groups is 4. The predicted octanol–water partition coefficient (Wildman–Crippen LogP) is 4.25. The summed E-state index contributed by atoms with van der Waals surface area (Å²) in [5.74, 6) is -3.01. The molecule has 1 aromatic carbocycles. The van der Waals surface area contributed by atoms with Gasteiger partial charge in [0.05, 0.1) is 30.6 Å². The third-order valence-electron chi connectivity index (χ3n) is 11.0. The lowest BCUT2D eigenvalue weighted by molar-refractivity contribution is -0.163. The van der Waals surface area contributed by atoms with Gasteiger partial charge in [0, 0.05) is 39.3 Å². The molecule has 2 N–H and O–H groups in total. The van der Waals surface area contributed by atoms with Crippen LogP contribution in [-0.2, 0) is 33.4 Å². The zero-order valence-electron chi connectivity index (χ0n) is 29.5. The maximum Gasteiger partial charge on any atom is 0.313 e. The molecule has 5 rings (SSSR count). The number of benzene rings is 1. The van der Waals surface area contributed by atoms with Crippen molar-refractivity contribution in [2.75, 3.05) is 33.4 Å². The number of unbranched alkanes of at least 4 members (excludes halogenated alkanes) is 2.